The first-order valence-corrected chi connectivity index (χ1v) is 8.37. The molecule has 0 aromatic carbocycles. The predicted molar refractivity (Wildman–Crippen MR) is 76.6 cm³/mol. The second kappa shape index (κ2) is 5.92. The number of hydrogen-bond acceptors (Lipinski definition) is 2. The number of piperidine rings is 2. The Morgan fingerprint density at radius 3 is 1.72 bits per heavy atom. The third-order valence-corrected chi connectivity index (χ3v) is 5.56. The molecule has 0 aromatic heterocycles. The lowest BCUT2D eigenvalue weighted by atomic mass is 9.79. The van der Waals surface area contributed by atoms with Gasteiger partial charge in [-0.25, -0.2) is 0 Å². The van der Waals surface area contributed by atoms with Crippen molar-refractivity contribution in [3.05, 3.63) is 0 Å². The van der Waals surface area contributed by atoms with E-state index in [0.29, 0.717) is 6.04 Å². The lowest BCUT2D eigenvalue weighted by Gasteiger charge is -2.52. The first-order chi connectivity index (χ1) is 8.84. The SMILES string of the molecule is NC1CC2CCCC(C1)N2C1CCCCCCC1. The van der Waals surface area contributed by atoms with Crippen LogP contribution in [0, 0.1) is 0 Å². The Morgan fingerprint density at radius 1 is 0.611 bits per heavy atom. The molecule has 2 heterocycles. The van der Waals surface area contributed by atoms with Gasteiger partial charge in [-0.2, -0.15) is 0 Å². The Balaban J connectivity index is 1.69. The Bertz CT molecular complexity index is 244. The van der Waals surface area contributed by atoms with Gasteiger partial charge >= 0.3 is 0 Å². The molecule has 2 nitrogen and oxygen atoms in total. The minimum Gasteiger partial charge on any atom is -0.328 e. The van der Waals surface area contributed by atoms with Gasteiger partial charge in [-0.05, 0) is 38.5 Å². The summed E-state index contributed by atoms with van der Waals surface area (Å²) in [7, 11) is 0. The summed E-state index contributed by atoms with van der Waals surface area (Å²) >= 11 is 0. The van der Waals surface area contributed by atoms with E-state index in [2.05, 4.69) is 4.90 Å². The zero-order chi connectivity index (χ0) is 12.4. The topological polar surface area (TPSA) is 29.3 Å². The standard InChI is InChI=1S/C16H30N2/c17-13-11-15-9-6-10-16(12-13)18(15)14-7-4-2-1-3-5-8-14/h13-16H,1-12,17H2. The van der Waals surface area contributed by atoms with E-state index in [0.717, 1.165) is 18.1 Å². The summed E-state index contributed by atoms with van der Waals surface area (Å²) in [6.45, 7) is 0. The molecular weight excluding hydrogens is 220 g/mol. The Kier molecular flexibility index (Phi) is 4.25. The lowest BCUT2D eigenvalue weighted by Crippen LogP contribution is -2.58. The van der Waals surface area contributed by atoms with Crippen molar-refractivity contribution in [3.8, 4) is 0 Å². The summed E-state index contributed by atoms with van der Waals surface area (Å²) in [5, 5.41) is 0. The molecule has 0 spiro atoms. The molecule has 18 heavy (non-hydrogen) atoms. The van der Waals surface area contributed by atoms with Gasteiger partial charge in [-0.1, -0.05) is 38.5 Å². The van der Waals surface area contributed by atoms with Crippen LogP contribution in [-0.2, 0) is 0 Å². The molecule has 2 bridgehead atoms. The minimum absolute atomic E-state index is 0.491. The molecule has 2 saturated heterocycles. The van der Waals surface area contributed by atoms with Crippen LogP contribution in [-0.4, -0.2) is 29.1 Å². The summed E-state index contributed by atoms with van der Waals surface area (Å²) in [6.07, 6.45) is 17.1. The van der Waals surface area contributed by atoms with Gasteiger partial charge in [0.25, 0.3) is 0 Å². The molecule has 1 saturated carbocycles. The van der Waals surface area contributed by atoms with Crippen LogP contribution in [0.3, 0.4) is 0 Å². The average Bonchev–Trinajstić information content (AvgIpc) is 2.28. The van der Waals surface area contributed by atoms with Crippen molar-refractivity contribution < 1.29 is 0 Å². The smallest absolute Gasteiger partial charge is 0.0116 e. The fourth-order valence-corrected chi connectivity index (χ4v) is 4.79. The molecule has 1 aliphatic carbocycles. The van der Waals surface area contributed by atoms with Crippen molar-refractivity contribution >= 4 is 0 Å². The first-order valence-electron chi connectivity index (χ1n) is 8.37. The van der Waals surface area contributed by atoms with Crippen molar-refractivity contribution in [1.82, 2.24) is 4.90 Å². The fraction of sp³-hybridized carbons (Fsp3) is 1.00. The van der Waals surface area contributed by atoms with E-state index in [4.69, 9.17) is 5.73 Å². The molecule has 2 aliphatic heterocycles. The monoisotopic (exact) mass is 250 g/mol. The molecule has 2 heteroatoms. The largest absolute Gasteiger partial charge is 0.328 e. The summed E-state index contributed by atoms with van der Waals surface area (Å²) in [4.78, 5) is 2.94. The Labute approximate surface area is 112 Å². The summed E-state index contributed by atoms with van der Waals surface area (Å²) in [5.74, 6) is 0. The van der Waals surface area contributed by atoms with E-state index in [-0.39, 0.29) is 0 Å². The number of rotatable bonds is 1. The summed E-state index contributed by atoms with van der Waals surface area (Å²) in [6, 6.07) is 3.05. The minimum atomic E-state index is 0.491. The normalized spacial score (nSPS) is 40.2. The Morgan fingerprint density at radius 2 is 1.11 bits per heavy atom. The quantitative estimate of drug-likeness (QED) is 0.772. The average molecular weight is 250 g/mol. The van der Waals surface area contributed by atoms with Crippen LogP contribution in [0.4, 0.5) is 0 Å². The molecule has 0 amide bonds. The van der Waals surface area contributed by atoms with E-state index in [1.165, 1.54) is 77.0 Å². The van der Waals surface area contributed by atoms with Crippen molar-refractivity contribution in [2.45, 2.75) is 101 Å². The van der Waals surface area contributed by atoms with Crippen molar-refractivity contribution in [2.24, 2.45) is 5.73 Å². The van der Waals surface area contributed by atoms with Gasteiger partial charge in [-0.15, -0.1) is 0 Å². The van der Waals surface area contributed by atoms with Gasteiger partial charge < -0.3 is 5.73 Å². The van der Waals surface area contributed by atoms with Crippen LogP contribution in [0.15, 0.2) is 0 Å². The zero-order valence-corrected chi connectivity index (χ0v) is 11.8. The van der Waals surface area contributed by atoms with Crippen LogP contribution >= 0.6 is 0 Å². The van der Waals surface area contributed by atoms with Gasteiger partial charge in [0.05, 0.1) is 0 Å². The fourth-order valence-electron chi connectivity index (χ4n) is 4.79. The molecule has 2 N–H and O–H groups in total. The van der Waals surface area contributed by atoms with E-state index in [9.17, 15) is 0 Å². The number of hydrogen-bond donors (Lipinski definition) is 1. The van der Waals surface area contributed by atoms with E-state index < -0.39 is 0 Å². The number of nitrogens with two attached hydrogens (primary N) is 1. The second-order valence-electron chi connectivity index (χ2n) is 6.92. The van der Waals surface area contributed by atoms with Gasteiger partial charge in [0, 0.05) is 24.2 Å². The zero-order valence-electron chi connectivity index (χ0n) is 11.8. The summed E-state index contributed by atoms with van der Waals surface area (Å²) in [5.41, 5.74) is 6.25. The maximum absolute atomic E-state index is 6.25. The van der Waals surface area contributed by atoms with Crippen molar-refractivity contribution in [1.29, 1.82) is 0 Å². The second-order valence-corrected chi connectivity index (χ2v) is 6.92. The highest BCUT2D eigenvalue weighted by Crippen LogP contribution is 2.37. The van der Waals surface area contributed by atoms with Gasteiger partial charge in [0.15, 0.2) is 0 Å². The van der Waals surface area contributed by atoms with Crippen molar-refractivity contribution in [3.63, 3.8) is 0 Å². The van der Waals surface area contributed by atoms with Crippen LogP contribution in [0.5, 0.6) is 0 Å². The molecule has 0 aromatic rings. The highest BCUT2D eigenvalue weighted by molar-refractivity contribution is 4.96. The Hall–Kier alpha value is -0.0800. The molecule has 104 valence electrons. The van der Waals surface area contributed by atoms with Crippen LogP contribution < -0.4 is 5.73 Å². The van der Waals surface area contributed by atoms with Gasteiger partial charge in [-0.3, -0.25) is 4.90 Å². The van der Waals surface area contributed by atoms with Gasteiger partial charge in [0.2, 0.25) is 0 Å². The maximum atomic E-state index is 6.25. The molecule has 0 radical (unpaired) electrons. The third-order valence-electron chi connectivity index (χ3n) is 5.56. The molecular formula is C16H30N2. The highest BCUT2D eigenvalue weighted by Gasteiger charge is 2.40. The van der Waals surface area contributed by atoms with E-state index in [1.807, 2.05) is 0 Å². The van der Waals surface area contributed by atoms with Crippen LogP contribution in [0.2, 0.25) is 0 Å². The molecule has 3 fully saturated rings. The van der Waals surface area contributed by atoms with E-state index >= 15 is 0 Å². The summed E-state index contributed by atoms with van der Waals surface area (Å²) < 4.78 is 0. The lowest BCUT2D eigenvalue weighted by molar-refractivity contribution is -0.0136. The third kappa shape index (κ3) is 2.75. The molecule has 3 rings (SSSR count). The van der Waals surface area contributed by atoms with Crippen molar-refractivity contribution in [2.75, 3.05) is 0 Å². The predicted octanol–water partition coefficient (Wildman–Crippen LogP) is 3.44. The number of nitrogens with zero attached hydrogens (tertiary/aromatic N) is 1. The first kappa shape index (κ1) is 12.9. The number of fused-ring (bicyclic) bond motifs is 2. The molecule has 2 unspecified atom stereocenters. The maximum Gasteiger partial charge on any atom is 0.0116 e. The van der Waals surface area contributed by atoms with E-state index in [1.54, 1.807) is 0 Å². The molecule has 3 aliphatic rings. The van der Waals surface area contributed by atoms with Crippen LogP contribution in [0.25, 0.3) is 0 Å². The molecule has 2 atom stereocenters. The van der Waals surface area contributed by atoms with Gasteiger partial charge in [0.1, 0.15) is 0 Å². The van der Waals surface area contributed by atoms with Crippen LogP contribution in [0.1, 0.15) is 77.0 Å². The highest BCUT2D eigenvalue weighted by atomic mass is 15.2.